The summed E-state index contributed by atoms with van der Waals surface area (Å²) < 4.78 is 4.72. The van der Waals surface area contributed by atoms with Crippen LogP contribution in [0.25, 0.3) is 0 Å². The van der Waals surface area contributed by atoms with Crippen molar-refractivity contribution in [1.82, 2.24) is 5.32 Å². The summed E-state index contributed by atoms with van der Waals surface area (Å²) in [6.07, 6.45) is 3.71. The minimum Gasteiger partial charge on any atom is -0.465 e. The van der Waals surface area contributed by atoms with Gasteiger partial charge in [-0.05, 0) is 49.6 Å². The molecule has 0 bridgehead atoms. The molecule has 0 aliphatic carbocycles. The first-order valence-electron chi connectivity index (χ1n) is 6.14. The summed E-state index contributed by atoms with van der Waals surface area (Å²) in [7, 11) is 1.41. The number of ether oxygens (including phenoxy) is 1. The second-order valence-corrected chi connectivity index (χ2v) is 4.57. The maximum Gasteiger partial charge on any atom is 0.337 e. The number of carbonyl (C=O) groups excluding carboxylic acids is 1. The number of hydrogen-bond donors (Lipinski definition) is 1. The Labute approximate surface area is 102 Å². The summed E-state index contributed by atoms with van der Waals surface area (Å²) in [4.78, 5) is 11.4. The molecule has 92 valence electrons. The fourth-order valence-corrected chi connectivity index (χ4v) is 2.43. The van der Waals surface area contributed by atoms with Crippen molar-refractivity contribution in [2.45, 2.75) is 32.2 Å². The van der Waals surface area contributed by atoms with Crippen LogP contribution in [0.1, 0.15) is 46.8 Å². The van der Waals surface area contributed by atoms with Crippen molar-refractivity contribution in [3.05, 3.63) is 34.9 Å². The van der Waals surface area contributed by atoms with E-state index in [2.05, 4.69) is 12.2 Å². The average molecular weight is 233 g/mol. The summed E-state index contributed by atoms with van der Waals surface area (Å²) in [5.74, 6) is -0.267. The zero-order valence-electron chi connectivity index (χ0n) is 10.5. The monoisotopic (exact) mass is 233 g/mol. The lowest BCUT2D eigenvalue weighted by atomic mass is 9.93. The van der Waals surface area contributed by atoms with Crippen molar-refractivity contribution >= 4 is 5.97 Å². The third kappa shape index (κ3) is 2.67. The molecule has 0 unspecified atom stereocenters. The van der Waals surface area contributed by atoms with Gasteiger partial charge in [0.2, 0.25) is 0 Å². The highest BCUT2D eigenvalue weighted by atomic mass is 16.5. The summed E-state index contributed by atoms with van der Waals surface area (Å²) >= 11 is 0. The molecule has 1 saturated heterocycles. The Balaban J connectivity index is 2.21. The van der Waals surface area contributed by atoms with Gasteiger partial charge >= 0.3 is 5.97 Å². The average Bonchev–Trinajstić information content (AvgIpc) is 2.38. The highest BCUT2D eigenvalue weighted by molar-refractivity contribution is 5.89. The van der Waals surface area contributed by atoms with Crippen molar-refractivity contribution in [2.75, 3.05) is 13.7 Å². The van der Waals surface area contributed by atoms with Crippen molar-refractivity contribution in [1.29, 1.82) is 0 Å². The summed E-state index contributed by atoms with van der Waals surface area (Å²) in [6, 6.07) is 6.25. The van der Waals surface area contributed by atoms with Gasteiger partial charge in [-0.2, -0.15) is 0 Å². The fourth-order valence-electron chi connectivity index (χ4n) is 2.43. The van der Waals surface area contributed by atoms with E-state index < -0.39 is 0 Å². The van der Waals surface area contributed by atoms with Crippen LogP contribution in [0, 0.1) is 6.92 Å². The Morgan fingerprint density at radius 3 is 2.82 bits per heavy atom. The number of methoxy groups -OCH3 is 1. The Bertz CT molecular complexity index is 409. The highest BCUT2D eigenvalue weighted by Crippen LogP contribution is 2.26. The molecule has 0 aromatic heterocycles. The predicted octanol–water partition coefficient (Wildman–Crippen LogP) is 2.60. The molecular weight excluding hydrogens is 214 g/mol. The number of nitrogens with one attached hydrogen (secondary N) is 1. The Kier molecular flexibility index (Phi) is 3.79. The normalized spacial score (nSPS) is 20.0. The van der Waals surface area contributed by atoms with Crippen LogP contribution >= 0.6 is 0 Å². The van der Waals surface area contributed by atoms with E-state index in [1.54, 1.807) is 0 Å². The van der Waals surface area contributed by atoms with Gasteiger partial charge in [0.05, 0.1) is 12.7 Å². The van der Waals surface area contributed by atoms with Gasteiger partial charge in [0.15, 0.2) is 0 Å². The molecule has 17 heavy (non-hydrogen) atoms. The number of hydrogen-bond acceptors (Lipinski definition) is 3. The van der Waals surface area contributed by atoms with Crippen LogP contribution in [0.5, 0.6) is 0 Å². The van der Waals surface area contributed by atoms with E-state index in [4.69, 9.17) is 4.74 Å². The van der Waals surface area contributed by atoms with Crippen LogP contribution in [0.4, 0.5) is 0 Å². The predicted molar refractivity (Wildman–Crippen MR) is 67.1 cm³/mol. The smallest absolute Gasteiger partial charge is 0.337 e. The maximum atomic E-state index is 11.4. The van der Waals surface area contributed by atoms with Crippen molar-refractivity contribution in [3.8, 4) is 0 Å². The standard InChI is InChI=1S/C14H19NO2/c1-10-9-11(14(16)17-2)6-7-12(10)13-5-3-4-8-15-13/h6-7,9,13,15H,3-5,8H2,1-2H3/t13-/m1/s1. The number of carbonyl (C=O) groups is 1. The molecule has 0 saturated carbocycles. The SMILES string of the molecule is COC(=O)c1ccc([C@H]2CCCCN2)c(C)c1. The summed E-state index contributed by atoms with van der Waals surface area (Å²) in [5.41, 5.74) is 3.09. The van der Waals surface area contributed by atoms with Crippen molar-refractivity contribution < 1.29 is 9.53 Å². The summed E-state index contributed by atoms with van der Waals surface area (Å²) in [6.45, 7) is 3.14. The minimum absolute atomic E-state index is 0.267. The van der Waals surface area contributed by atoms with Gasteiger partial charge in [-0.3, -0.25) is 0 Å². The van der Waals surface area contributed by atoms with Crippen LogP contribution in [0.15, 0.2) is 18.2 Å². The molecule has 1 aliphatic rings. The third-order valence-electron chi connectivity index (χ3n) is 3.38. The third-order valence-corrected chi connectivity index (χ3v) is 3.38. The molecule has 1 aromatic rings. The van der Waals surface area contributed by atoms with E-state index in [1.807, 2.05) is 18.2 Å². The largest absolute Gasteiger partial charge is 0.465 e. The molecule has 1 fully saturated rings. The number of rotatable bonds is 2. The topological polar surface area (TPSA) is 38.3 Å². The van der Waals surface area contributed by atoms with Crippen molar-refractivity contribution in [2.24, 2.45) is 0 Å². The number of benzene rings is 1. The lowest BCUT2D eigenvalue weighted by molar-refractivity contribution is 0.0600. The molecule has 3 heteroatoms. The first-order valence-corrected chi connectivity index (χ1v) is 6.14. The zero-order chi connectivity index (χ0) is 12.3. The second-order valence-electron chi connectivity index (χ2n) is 4.57. The van der Waals surface area contributed by atoms with Gasteiger partial charge in [-0.1, -0.05) is 12.5 Å². The van der Waals surface area contributed by atoms with E-state index in [0.29, 0.717) is 11.6 Å². The zero-order valence-corrected chi connectivity index (χ0v) is 10.5. The van der Waals surface area contributed by atoms with Crippen LogP contribution in [-0.2, 0) is 4.74 Å². The van der Waals surface area contributed by atoms with Crippen LogP contribution < -0.4 is 5.32 Å². The van der Waals surface area contributed by atoms with E-state index in [9.17, 15) is 4.79 Å². The van der Waals surface area contributed by atoms with Crippen LogP contribution in [-0.4, -0.2) is 19.6 Å². The van der Waals surface area contributed by atoms with E-state index in [0.717, 1.165) is 12.1 Å². The van der Waals surface area contributed by atoms with Crippen LogP contribution in [0.3, 0.4) is 0 Å². The van der Waals surface area contributed by atoms with Gasteiger partial charge in [0.1, 0.15) is 0 Å². The van der Waals surface area contributed by atoms with Gasteiger partial charge in [0.25, 0.3) is 0 Å². The first kappa shape index (κ1) is 12.1. The molecule has 2 rings (SSSR count). The molecule has 0 amide bonds. The quantitative estimate of drug-likeness (QED) is 0.798. The number of piperidine rings is 1. The molecule has 1 aromatic carbocycles. The second kappa shape index (κ2) is 5.32. The van der Waals surface area contributed by atoms with Gasteiger partial charge in [0, 0.05) is 6.04 Å². The van der Waals surface area contributed by atoms with E-state index in [1.165, 1.54) is 31.9 Å². The molecular formula is C14H19NO2. The van der Waals surface area contributed by atoms with E-state index in [-0.39, 0.29) is 5.97 Å². The molecule has 3 nitrogen and oxygen atoms in total. The lowest BCUT2D eigenvalue weighted by Crippen LogP contribution is -2.27. The molecule has 1 atom stereocenters. The molecule has 0 spiro atoms. The number of aryl methyl sites for hydroxylation is 1. The first-order chi connectivity index (χ1) is 8.22. The number of esters is 1. The molecule has 1 aliphatic heterocycles. The maximum absolute atomic E-state index is 11.4. The van der Waals surface area contributed by atoms with Gasteiger partial charge < -0.3 is 10.1 Å². The van der Waals surface area contributed by atoms with Crippen LogP contribution in [0.2, 0.25) is 0 Å². The lowest BCUT2D eigenvalue weighted by Gasteiger charge is -2.25. The molecule has 1 N–H and O–H groups in total. The van der Waals surface area contributed by atoms with Gasteiger partial charge in [-0.15, -0.1) is 0 Å². The fraction of sp³-hybridized carbons (Fsp3) is 0.500. The molecule has 1 heterocycles. The van der Waals surface area contributed by atoms with Gasteiger partial charge in [-0.25, -0.2) is 4.79 Å². The van der Waals surface area contributed by atoms with Crippen molar-refractivity contribution in [3.63, 3.8) is 0 Å². The molecule has 0 radical (unpaired) electrons. The Morgan fingerprint density at radius 1 is 1.41 bits per heavy atom. The minimum atomic E-state index is -0.267. The Morgan fingerprint density at radius 2 is 2.24 bits per heavy atom. The highest BCUT2D eigenvalue weighted by Gasteiger charge is 2.17. The Hall–Kier alpha value is -1.35. The summed E-state index contributed by atoms with van der Waals surface area (Å²) in [5, 5.41) is 3.52. The van der Waals surface area contributed by atoms with E-state index >= 15 is 0 Å².